The predicted molar refractivity (Wildman–Crippen MR) is 64.7 cm³/mol. The van der Waals surface area contributed by atoms with Crippen LogP contribution in [0.1, 0.15) is 6.42 Å². The number of halogens is 3. The molecule has 1 aliphatic rings. The molecule has 2 nitrogen and oxygen atoms in total. The van der Waals surface area contributed by atoms with Gasteiger partial charge in [-0.2, -0.15) is 0 Å². The Bertz CT molecular complexity index is 490. The molecule has 1 aliphatic heterocycles. The van der Waals surface area contributed by atoms with Crippen molar-refractivity contribution in [1.82, 2.24) is 0 Å². The van der Waals surface area contributed by atoms with Crippen molar-refractivity contribution in [2.75, 3.05) is 11.4 Å². The monoisotopic (exact) mass is 301 g/mol. The van der Waals surface area contributed by atoms with E-state index >= 15 is 0 Å². The SMILES string of the molecule is C=CC1CC(=O)N(c2cc(Br)c(F)cc2F)C1. The van der Waals surface area contributed by atoms with Gasteiger partial charge in [0.2, 0.25) is 5.91 Å². The van der Waals surface area contributed by atoms with Crippen LogP contribution in [0.5, 0.6) is 0 Å². The van der Waals surface area contributed by atoms with Gasteiger partial charge in [-0.05, 0) is 22.0 Å². The number of rotatable bonds is 2. The van der Waals surface area contributed by atoms with Crippen LogP contribution in [-0.4, -0.2) is 12.5 Å². The van der Waals surface area contributed by atoms with Gasteiger partial charge in [0, 0.05) is 24.9 Å². The first-order valence-corrected chi connectivity index (χ1v) is 5.89. The highest BCUT2D eigenvalue weighted by Crippen LogP contribution is 2.31. The molecule has 0 aromatic heterocycles. The maximum atomic E-state index is 13.6. The van der Waals surface area contributed by atoms with Crippen LogP contribution in [0, 0.1) is 17.6 Å². The van der Waals surface area contributed by atoms with Crippen LogP contribution in [0.3, 0.4) is 0 Å². The Morgan fingerprint density at radius 1 is 1.41 bits per heavy atom. The van der Waals surface area contributed by atoms with E-state index in [9.17, 15) is 13.6 Å². The Kier molecular flexibility index (Phi) is 3.28. The second-order valence-corrected chi connectivity index (χ2v) is 4.78. The molecule has 1 unspecified atom stereocenters. The molecule has 5 heteroatoms. The van der Waals surface area contributed by atoms with Gasteiger partial charge in [-0.3, -0.25) is 4.79 Å². The number of carbonyl (C=O) groups is 1. The fourth-order valence-corrected chi connectivity index (χ4v) is 2.18. The Labute approximate surface area is 106 Å². The molecule has 1 aromatic carbocycles. The van der Waals surface area contributed by atoms with Gasteiger partial charge in [0.1, 0.15) is 11.6 Å². The first-order chi connectivity index (χ1) is 8.02. The second-order valence-electron chi connectivity index (χ2n) is 3.92. The summed E-state index contributed by atoms with van der Waals surface area (Å²) >= 11 is 2.98. The number of hydrogen-bond donors (Lipinski definition) is 0. The third-order valence-corrected chi connectivity index (χ3v) is 3.38. The minimum absolute atomic E-state index is 0.0192. The Balaban J connectivity index is 2.38. The van der Waals surface area contributed by atoms with Crippen LogP contribution in [-0.2, 0) is 4.79 Å². The minimum atomic E-state index is -0.733. The number of benzene rings is 1. The van der Waals surface area contributed by atoms with Gasteiger partial charge in [-0.25, -0.2) is 8.78 Å². The summed E-state index contributed by atoms with van der Waals surface area (Å²) in [5, 5.41) is 0. The molecule has 1 amide bonds. The fraction of sp³-hybridized carbons (Fsp3) is 0.250. The Morgan fingerprint density at radius 3 is 2.71 bits per heavy atom. The Hall–Kier alpha value is -1.23. The molecule has 1 heterocycles. The molecular weight excluding hydrogens is 292 g/mol. The lowest BCUT2D eigenvalue weighted by molar-refractivity contribution is -0.117. The number of hydrogen-bond acceptors (Lipinski definition) is 1. The van der Waals surface area contributed by atoms with Gasteiger partial charge < -0.3 is 4.90 Å². The highest BCUT2D eigenvalue weighted by atomic mass is 79.9. The smallest absolute Gasteiger partial charge is 0.227 e. The largest absolute Gasteiger partial charge is 0.309 e. The first-order valence-electron chi connectivity index (χ1n) is 5.10. The summed E-state index contributed by atoms with van der Waals surface area (Å²) in [6.45, 7) is 4.00. The molecule has 0 bridgehead atoms. The summed E-state index contributed by atoms with van der Waals surface area (Å²) in [6.07, 6.45) is 1.99. The number of anilines is 1. The van der Waals surface area contributed by atoms with Gasteiger partial charge in [-0.15, -0.1) is 6.58 Å². The number of amides is 1. The zero-order chi connectivity index (χ0) is 12.6. The van der Waals surface area contributed by atoms with Crippen molar-refractivity contribution in [2.45, 2.75) is 6.42 Å². The van der Waals surface area contributed by atoms with Crippen molar-refractivity contribution in [1.29, 1.82) is 0 Å². The summed E-state index contributed by atoms with van der Waals surface area (Å²) < 4.78 is 26.8. The van der Waals surface area contributed by atoms with E-state index in [1.807, 2.05) is 0 Å². The van der Waals surface area contributed by atoms with E-state index in [0.29, 0.717) is 13.0 Å². The quantitative estimate of drug-likeness (QED) is 0.606. The van der Waals surface area contributed by atoms with Gasteiger partial charge in [-0.1, -0.05) is 6.08 Å². The molecule has 0 aliphatic carbocycles. The Morgan fingerprint density at radius 2 is 2.12 bits per heavy atom. The highest BCUT2D eigenvalue weighted by molar-refractivity contribution is 9.10. The molecule has 1 fully saturated rings. The summed E-state index contributed by atoms with van der Waals surface area (Å²) in [5.41, 5.74) is 0.104. The normalized spacial score (nSPS) is 19.8. The zero-order valence-corrected chi connectivity index (χ0v) is 10.5. The van der Waals surface area contributed by atoms with Crippen LogP contribution in [0.25, 0.3) is 0 Å². The van der Waals surface area contributed by atoms with Gasteiger partial charge in [0.25, 0.3) is 0 Å². The van der Waals surface area contributed by atoms with Crippen LogP contribution in [0.15, 0.2) is 29.3 Å². The lowest BCUT2D eigenvalue weighted by Gasteiger charge is -2.17. The summed E-state index contributed by atoms with van der Waals surface area (Å²) in [6, 6.07) is 2.06. The van der Waals surface area contributed by atoms with Crippen LogP contribution >= 0.6 is 15.9 Å². The second kappa shape index (κ2) is 4.56. The third kappa shape index (κ3) is 2.24. The molecule has 0 N–H and O–H groups in total. The van der Waals surface area contributed by atoms with E-state index in [2.05, 4.69) is 22.5 Å². The highest BCUT2D eigenvalue weighted by Gasteiger charge is 2.30. The van der Waals surface area contributed by atoms with E-state index in [4.69, 9.17) is 0 Å². The summed E-state index contributed by atoms with van der Waals surface area (Å²) in [7, 11) is 0. The van der Waals surface area contributed by atoms with Crippen LogP contribution in [0.4, 0.5) is 14.5 Å². The summed E-state index contributed by atoms with van der Waals surface area (Å²) in [4.78, 5) is 13.0. The number of nitrogens with zero attached hydrogens (tertiary/aromatic N) is 1. The molecular formula is C12H10BrF2NO. The average molecular weight is 302 g/mol. The lowest BCUT2D eigenvalue weighted by atomic mass is 10.1. The molecule has 1 saturated heterocycles. The van der Waals surface area contributed by atoms with Crippen molar-refractivity contribution in [3.05, 3.63) is 40.9 Å². The molecule has 0 radical (unpaired) electrons. The van der Waals surface area contributed by atoms with Crippen molar-refractivity contribution in [3.63, 3.8) is 0 Å². The topological polar surface area (TPSA) is 20.3 Å². The van der Waals surface area contributed by atoms with E-state index in [-0.39, 0.29) is 22.0 Å². The number of carbonyl (C=O) groups excluding carboxylic acids is 1. The third-order valence-electron chi connectivity index (χ3n) is 2.77. The molecule has 1 aromatic rings. The van der Waals surface area contributed by atoms with Gasteiger partial charge >= 0.3 is 0 Å². The first kappa shape index (κ1) is 12.2. The van der Waals surface area contributed by atoms with Crippen molar-refractivity contribution < 1.29 is 13.6 Å². The van der Waals surface area contributed by atoms with E-state index in [1.165, 1.54) is 11.0 Å². The van der Waals surface area contributed by atoms with Gasteiger partial charge in [0.15, 0.2) is 0 Å². The average Bonchev–Trinajstić information content (AvgIpc) is 2.65. The zero-order valence-electron chi connectivity index (χ0n) is 8.92. The molecule has 0 saturated carbocycles. The van der Waals surface area contributed by atoms with Crippen LogP contribution < -0.4 is 4.90 Å². The van der Waals surface area contributed by atoms with Crippen LogP contribution in [0.2, 0.25) is 0 Å². The lowest BCUT2D eigenvalue weighted by Crippen LogP contribution is -2.25. The van der Waals surface area contributed by atoms with E-state index in [1.54, 1.807) is 6.08 Å². The fourth-order valence-electron chi connectivity index (χ4n) is 1.84. The van der Waals surface area contributed by atoms with E-state index < -0.39 is 11.6 Å². The maximum Gasteiger partial charge on any atom is 0.227 e. The standard InChI is InChI=1S/C12H10BrF2NO/c1-2-7-3-12(17)16(6-7)11-4-8(13)9(14)5-10(11)15/h2,4-5,7H,1,3,6H2. The minimum Gasteiger partial charge on any atom is -0.309 e. The van der Waals surface area contributed by atoms with Crippen molar-refractivity contribution in [3.8, 4) is 0 Å². The predicted octanol–water partition coefficient (Wildman–Crippen LogP) is 3.27. The molecule has 2 rings (SSSR count). The summed E-state index contributed by atoms with van der Waals surface area (Å²) in [5.74, 6) is -1.57. The molecule has 17 heavy (non-hydrogen) atoms. The molecule has 1 atom stereocenters. The molecule has 0 spiro atoms. The maximum absolute atomic E-state index is 13.6. The van der Waals surface area contributed by atoms with Gasteiger partial charge in [0.05, 0.1) is 10.2 Å². The van der Waals surface area contributed by atoms with Crippen molar-refractivity contribution >= 4 is 27.5 Å². The molecule has 90 valence electrons. The van der Waals surface area contributed by atoms with E-state index in [0.717, 1.165) is 6.07 Å². The van der Waals surface area contributed by atoms with Crippen molar-refractivity contribution in [2.24, 2.45) is 5.92 Å².